The van der Waals surface area contributed by atoms with E-state index in [4.69, 9.17) is 11.0 Å². The lowest BCUT2D eigenvalue weighted by Gasteiger charge is -2.13. The van der Waals surface area contributed by atoms with Gasteiger partial charge in [0, 0.05) is 0 Å². The Labute approximate surface area is 79.3 Å². The zero-order valence-corrected chi connectivity index (χ0v) is 8.17. The number of halogens is 1. The van der Waals surface area contributed by atoms with Crippen molar-refractivity contribution in [3.63, 3.8) is 0 Å². The molecule has 1 heterocycles. The maximum absolute atomic E-state index is 8.71. The van der Waals surface area contributed by atoms with Crippen molar-refractivity contribution in [2.75, 3.05) is 0 Å². The van der Waals surface area contributed by atoms with Crippen molar-refractivity contribution >= 4 is 15.9 Å². The minimum Gasteiger partial charge on any atom is -0.309 e. The number of nitrogens with zero attached hydrogens (tertiary/aromatic N) is 2. The second-order valence-electron chi connectivity index (χ2n) is 2.66. The molecule has 3 nitrogen and oxygen atoms in total. The Kier molecular flexibility index (Phi) is 2.46. The largest absolute Gasteiger partial charge is 0.309 e. The number of nitrogens with two attached hydrogens (primary N) is 1. The van der Waals surface area contributed by atoms with E-state index < -0.39 is 5.54 Å². The highest BCUT2D eigenvalue weighted by Crippen LogP contribution is 2.16. The summed E-state index contributed by atoms with van der Waals surface area (Å²) in [4.78, 5) is 4.08. The third-order valence-electron chi connectivity index (χ3n) is 1.48. The third-order valence-corrected chi connectivity index (χ3v) is 1.92. The van der Waals surface area contributed by atoms with Gasteiger partial charge in [0.1, 0.15) is 10.1 Å². The van der Waals surface area contributed by atoms with Crippen LogP contribution in [0, 0.1) is 11.3 Å². The summed E-state index contributed by atoms with van der Waals surface area (Å²) in [6.45, 7) is 1.63. The first-order valence-corrected chi connectivity index (χ1v) is 4.19. The van der Waals surface area contributed by atoms with Crippen LogP contribution in [0.4, 0.5) is 0 Å². The normalized spacial score (nSPS) is 14.8. The molecule has 1 atom stereocenters. The lowest BCUT2D eigenvalue weighted by molar-refractivity contribution is 0.621. The molecule has 0 amide bonds. The van der Waals surface area contributed by atoms with Crippen molar-refractivity contribution in [3.8, 4) is 6.07 Å². The first-order valence-electron chi connectivity index (χ1n) is 3.39. The van der Waals surface area contributed by atoms with Crippen LogP contribution in [0.2, 0.25) is 0 Å². The Morgan fingerprint density at radius 3 is 2.83 bits per heavy atom. The summed E-state index contributed by atoms with van der Waals surface area (Å²) >= 11 is 3.21. The van der Waals surface area contributed by atoms with Crippen molar-refractivity contribution in [1.29, 1.82) is 5.26 Å². The molecule has 0 aliphatic heterocycles. The lowest BCUT2D eigenvalue weighted by Crippen LogP contribution is -2.31. The van der Waals surface area contributed by atoms with Crippen LogP contribution < -0.4 is 5.73 Å². The third kappa shape index (κ3) is 1.81. The van der Waals surface area contributed by atoms with E-state index in [-0.39, 0.29) is 0 Å². The average molecular weight is 226 g/mol. The molecule has 0 aliphatic carbocycles. The van der Waals surface area contributed by atoms with E-state index in [1.54, 1.807) is 25.1 Å². The summed E-state index contributed by atoms with van der Waals surface area (Å²) in [5.41, 5.74) is 5.22. The Morgan fingerprint density at radius 1 is 1.67 bits per heavy atom. The predicted molar refractivity (Wildman–Crippen MR) is 49.1 cm³/mol. The molecule has 1 unspecified atom stereocenters. The van der Waals surface area contributed by atoms with Gasteiger partial charge in [-0.2, -0.15) is 5.26 Å². The molecule has 62 valence electrons. The Morgan fingerprint density at radius 2 is 2.33 bits per heavy atom. The highest BCUT2D eigenvalue weighted by Gasteiger charge is 2.21. The summed E-state index contributed by atoms with van der Waals surface area (Å²) < 4.78 is 0.687. The Bertz CT molecular complexity index is 327. The number of rotatable bonds is 1. The summed E-state index contributed by atoms with van der Waals surface area (Å²) in [6, 6.07) is 7.30. The van der Waals surface area contributed by atoms with Crippen LogP contribution in [-0.2, 0) is 5.54 Å². The maximum atomic E-state index is 8.71. The van der Waals surface area contributed by atoms with Gasteiger partial charge in [0.15, 0.2) is 0 Å². The molecule has 1 aromatic rings. The lowest BCUT2D eigenvalue weighted by atomic mass is 10.0. The fourth-order valence-corrected chi connectivity index (χ4v) is 1.10. The summed E-state index contributed by atoms with van der Waals surface area (Å²) in [7, 11) is 0. The molecule has 2 N–H and O–H groups in total. The van der Waals surface area contributed by atoms with Gasteiger partial charge in [0.2, 0.25) is 0 Å². The van der Waals surface area contributed by atoms with E-state index in [9.17, 15) is 0 Å². The van der Waals surface area contributed by atoms with Crippen LogP contribution in [0.15, 0.2) is 22.8 Å². The van der Waals surface area contributed by atoms with Gasteiger partial charge in [-0.15, -0.1) is 0 Å². The van der Waals surface area contributed by atoms with Crippen molar-refractivity contribution in [3.05, 3.63) is 28.5 Å². The molecular weight excluding hydrogens is 218 g/mol. The van der Waals surface area contributed by atoms with E-state index in [1.807, 2.05) is 6.07 Å². The number of hydrogen-bond donors (Lipinski definition) is 1. The van der Waals surface area contributed by atoms with Gasteiger partial charge in [0.05, 0.1) is 11.8 Å². The van der Waals surface area contributed by atoms with Crippen LogP contribution in [0.1, 0.15) is 12.6 Å². The minimum absolute atomic E-state index is 0.569. The molecule has 4 heteroatoms. The fourth-order valence-electron chi connectivity index (χ4n) is 0.755. The van der Waals surface area contributed by atoms with Crippen LogP contribution in [0.25, 0.3) is 0 Å². The maximum Gasteiger partial charge on any atom is 0.144 e. The standard InChI is InChI=1S/C8H8BrN3/c1-8(11,5-10)6-3-2-4-7(9)12-6/h2-4H,11H2,1H3. The minimum atomic E-state index is -1.01. The number of hydrogen-bond acceptors (Lipinski definition) is 3. The van der Waals surface area contributed by atoms with Gasteiger partial charge in [-0.05, 0) is 35.0 Å². The molecule has 0 aromatic carbocycles. The first-order chi connectivity index (χ1) is 5.56. The Balaban J connectivity index is 3.14. The molecule has 0 saturated carbocycles. The summed E-state index contributed by atoms with van der Waals surface area (Å²) in [5, 5.41) is 8.71. The molecule has 0 radical (unpaired) electrons. The van der Waals surface area contributed by atoms with Gasteiger partial charge in [-0.25, -0.2) is 4.98 Å². The fraction of sp³-hybridized carbons (Fsp3) is 0.250. The summed E-state index contributed by atoms with van der Waals surface area (Å²) in [6.07, 6.45) is 0. The topological polar surface area (TPSA) is 62.7 Å². The quantitative estimate of drug-likeness (QED) is 0.738. The molecule has 0 saturated heterocycles. The van der Waals surface area contributed by atoms with Gasteiger partial charge in [-0.1, -0.05) is 6.07 Å². The molecule has 0 fully saturated rings. The van der Waals surface area contributed by atoms with E-state index in [1.165, 1.54) is 0 Å². The van der Waals surface area contributed by atoms with Gasteiger partial charge >= 0.3 is 0 Å². The second kappa shape index (κ2) is 3.21. The number of nitriles is 1. The van der Waals surface area contributed by atoms with Crippen molar-refractivity contribution in [1.82, 2.24) is 4.98 Å². The second-order valence-corrected chi connectivity index (χ2v) is 3.47. The van der Waals surface area contributed by atoms with Gasteiger partial charge < -0.3 is 5.73 Å². The van der Waals surface area contributed by atoms with Crippen molar-refractivity contribution in [2.24, 2.45) is 5.73 Å². The van der Waals surface area contributed by atoms with Crippen molar-refractivity contribution in [2.45, 2.75) is 12.5 Å². The van der Waals surface area contributed by atoms with Crippen LogP contribution in [-0.4, -0.2) is 4.98 Å². The first kappa shape index (κ1) is 9.17. The molecule has 1 aromatic heterocycles. The van der Waals surface area contributed by atoms with Gasteiger partial charge in [0.25, 0.3) is 0 Å². The smallest absolute Gasteiger partial charge is 0.144 e. The van der Waals surface area contributed by atoms with Crippen molar-refractivity contribution < 1.29 is 0 Å². The zero-order valence-electron chi connectivity index (χ0n) is 6.58. The Hall–Kier alpha value is -0.920. The molecule has 12 heavy (non-hydrogen) atoms. The highest BCUT2D eigenvalue weighted by molar-refractivity contribution is 9.10. The molecule has 1 rings (SSSR count). The zero-order chi connectivity index (χ0) is 9.19. The molecule has 0 bridgehead atoms. The average Bonchev–Trinajstić information content (AvgIpc) is 2.05. The van der Waals surface area contributed by atoms with Crippen LogP contribution in [0.5, 0.6) is 0 Å². The highest BCUT2D eigenvalue weighted by atomic mass is 79.9. The number of aromatic nitrogens is 1. The van der Waals surface area contributed by atoms with E-state index in [0.717, 1.165) is 0 Å². The molecule has 0 aliphatic rings. The summed E-state index contributed by atoms with van der Waals surface area (Å²) in [5.74, 6) is 0. The SMILES string of the molecule is CC(N)(C#N)c1cccc(Br)n1. The molecule has 0 spiro atoms. The monoisotopic (exact) mass is 225 g/mol. The van der Waals surface area contributed by atoms with Crippen LogP contribution in [0.3, 0.4) is 0 Å². The number of pyridine rings is 1. The van der Waals surface area contributed by atoms with Crippen LogP contribution >= 0.6 is 15.9 Å². The van der Waals surface area contributed by atoms with Gasteiger partial charge in [-0.3, -0.25) is 0 Å². The van der Waals surface area contributed by atoms with E-state index >= 15 is 0 Å². The van der Waals surface area contributed by atoms with E-state index in [2.05, 4.69) is 20.9 Å². The predicted octanol–water partition coefficient (Wildman–Crippen LogP) is 1.54. The van der Waals surface area contributed by atoms with E-state index in [0.29, 0.717) is 10.3 Å². The molecular formula is C8H8BrN3.